The van der Waals surface area contributed by atoms with Gasteiger partial charge >= 0.3 is 0 Å². The van der Waals surface area contributed by atoms with Crippen LogP contribution in [-0.4, -0.2) is 44.7 Å². The molecule has 1 unspecified atom stereocenters. The van der Waals surface area contributed by atoms with Gasteiger partial charge in [-0.1, -0.05) is 19.9 Å². The Bertz CT molecular complexity index is 641. The number of likely N-dealkylation sites (tertiary alicyclic amines) is 1. The van der Waals surface area contributed by atoms with Crippen LogP contribution < -0.4 is 9.47 Å². The summed E-state index contributed by atoms with van der Waals surface area (Å²) in [4.78, 5) is 1.80. The van der Waals surface area contributed by atoms with Gasteiger partial charge in [-0.3, -0.25) is 4.90 Å². The van der Waals surface area contributed by atoms with E-state index in [4.69, 9.17) is 14.7 Å². The molecule has 0 saturated carbocycles. The molecule has 0 spiro atoms. The minimum Gasteiger partial charge on any atom is -0.493 e. The molecule has 1 aromatic carbocycles. The van der Waals surface area contributed by atoms with Crippen LogP contribution in [0.5, 0.6) is 11.5 Å². The second kappa shape index (κ2) is 7.57. The summed E-state index contributed by atoms with van der Waals surface area (Å²) in [6.07, 6.45) is 0.266. The van der Waals surface area contributed by atoms with Gasteiger partial charge in [0.25, 0.3) is 5.92 Å². The Labute approximate surface area is 148 Å². The Morgan fingerprint density at radius 2 is 1.96 bits per heavy atom. The number of halogens is 2. The van der Waals surface area contributed by atoms with E-state index < -0.39 is 11.8 Å². The van der Waals surface area contributed by atoms with Gasteiger partial charge in [0.2, 0.25) is 0 Å². The van der Waals surface area contributed by atoms with Gasteiger partial charge in [0, 0.05) is 24.3 Å². The molecule has 1 aliphatic heterocycles. The lowest BCUT2D eigenvalue weighted by Gasteiger charge is -2.41. The zero-order chi connectivity index (χ0) is 18.7. The van der Waals surface area contributed by atoms with Gasteiger partial charge < -0.3 is 9.47 Å². The minimum absolute atomic E-state index is 0.0834. The molecule has 2 rings (SSSR count). The zero-order valence-corrected chi connectivity index (χ0v) is 15.3. The van der Waals surface area contributed by atoms with Gasteiger partial charge in [-0.25, -0.2) is 8.78 Å². The lowest BCUT2D eigenvalue weighted by Crippen LogP contribution is -2.51. The van der Waals surface area contributed by atoms with Crippen molar-refractivity contribution < 1.29 is 18.3 Å². The Kier molecular flexibility index (Phi) is 5.89. The molecule has 0 bridgehead atoms. The second-order valence-corrected chi connectivity index (χ2v) is 7.27. The van der Waals surface area contributed by atoms with Gasteiger partial charge in [-0.05, 0) is 30.7 Å². The first-order valence-corrected chi connectivity index (χ1v) is 8.43. The molecule has 0 aliphatic carbocycles. The molecule has 0 N–H and O–H groups in total. The fraction of sp³-hybridized carbons (Fsp3) is 0.632. The summed E-state index contributed by atoms with van der Waals surface area (Å²) in [7, 11) is 3.16. The Morgan fingerprint density at radius 1 is 1.28 bits per heavy atom. The van der Waals surface area contributed by atoms with Crippen molar-refractivity contribution in [1.82, 2.24) is 4.90 Å². The molecule has 138 valence electrons. The molecule has 1 fully saturated rings. The molecule has 0 radical (unpaired) electrons. The van der Waals surface area contributed by atoms with Crippen molar-refractivity contribution in [2.45, 2.75) is 38.0 Å². The monoisotopic (exact) mass is 352 g/mol. The molecule has 0 amide bonds. The standard InChI is InChI=1S/C19H26F2N2O2/c1-18(2,15-5-6-16(24-3)17(11-15)25-4)12-23-10-8-14(7-9-22)19(20,21)13-23/h5-6,11,14H,7-8,10,12-13H2,1-4H3. The maximum Gasteiger partial charge on any atom is 0.264 e. The van der Waals surface area contributed by atoms with Crippen LogP contribution in [0.15, 0.2) is 18.2 Å². The average Bonchev–Trinajstić information content (AvgIpc) is 2.56. The summed E-state index contributed by atoms with van der Waals surface area (Å²) in [6, 6.07) is 7.57. The number of rotatable bonds is 6. The number of hydrogen-bond donors (Lipinski definition) is 0. The van der Waals surface area contributed by atoms with E-state index >= 15 is 0 Å². The van der Waals surface area contributed by atoms with Gasteiger partial charge in [-0.2, -0.15) is 5.26 Å². The predicted octanol–water partition coefficient (Wildman–Crippen LogP) is 3.85. The van der Waals surface area contributed by atoms with Crippen molar-refractivity contribution in [3.8, 4) is 17.6 Å². The molecular weight excluding hydrogens is 326 g/mol. The maximum atomic E-state index is 14.3. The largest absolute Gasteiger partial charge is 0.493 e. The lowest BCUT2D eigenvalue weighted by atomic mass is 9.82. The smallest absolute Gasteiger partial charge is 0.264 e. The summed E-state index contributed by atoms with van der Waals surface area (Å²) >= 11 is 0. The normalized spacial score (nSPS) is 20.8. The SMILES string of the molecule is COc1ccc(C(C)(C)CN2CCC(CC#N)C(F)(F)C2)cc1OC. The van der Waals surface area contributed by atoms with Crippen molar-refractivity contribution in [3.05, 3.63) is 23.8 Å². The highest BCUT2D eigenvalue weighted by atomic mass is 19.3. The van der Waals surface area contributed by atoms with Crippen molar-refractivity contribution in [3.63, 3.8) is 0 Å². The van der Waals surface area contributed by atoms with E-state index in [1.165, 1.54) is 0 Å². The number of hydrogen-bond acceptors (Lipinski definition) is 4. The van der Waals surface area contributed by atoms with Crippen LogP contribution >= 0.6 is 0 Å². The molecule has 0 aromatic heterocycles. The summed E-state index contributed by atoms with van der Waals surface area (Å²) in [5.74, 6) is -2.38. The number of benzene rings is 1. The van der Waals surface area contributed by atoms with E-state index in [0.717, 1.165) is 5.56 Å². The number of alkyl halides is 2. The molecule has 25 heavy (non-hydrogen) atoms. The quantitative estimate of drug-likeness (QED) is 0.780. The average molecular weight is 352 g/mol. The molecule has 1 atom stereocenters. The molecule has 1 heterocycles. The van der Waals surface area contributed by atoms with Gasteiger partial charge in [0.05, 0.1) is 26.8 Å². The zero-order valence-electron chi connectivity index (χ0n) is 15.3. The minimum atomic E-state index is -2.82. The van der Waals surface area contributed by atoms with E-state index in [2.05, 4.69) is 0 Å². The molecular formula is C19H26F2N2O2. The summed E-state index contributed by atoms with van der Waals surface area (Å²) in [5.41, 5.74) is 0.685. The first kappa shape index (κ1) is 19.5. The van der Waals surface area contributed by atoms with Crippen LogP contribution in [-0.2, 0) is 5.41 Å². The summed E-state index contributed by atoms with van der Waals surface area (Å²) < 4.78 is 39.1. The summed E-state index contributed by atoms with van der Waals surface area (Å²) in [6.45, 7) is 4.87. The number of piperidine rings is 1. The second-order valence-electron chi connectivity index (χ2n) is 7.27. The predicted molar refractivity (Wildman–Crippen MR) is 92.3 cm³/mol. The number of nitriles is 1. The van der Waals surface area contributed by atoms with E-state index in [0.29, 0.717) is 31.0 Å². The van der Waals surface area contributed by atoms with Crippen LogP contribution in [0.1, 0.15) is 32.3 Å². The van der Waals surface area contributed by atoms with Crippen LogP contribution in [0.3, 0.4) is 0 Å². The third-order valence-electron chi connectivity index (χ3n) is 4.95. The first-order valence-electron chi connectivity index (χ1n) is 8.43. The maximum absolute atomic E-state index is 14.3. The Morgan fingerprint density at radius 3 is 2.52 bits per heavy atom. The highest BCUT2D eigenvalue weighted by molar-refractivity contribution is 5.45. The van der Waals surface area contributed by atoms with E-state index in [9.17, 15) is 8.78 Å². The van der Waals surface area contributed by atoms with Crippen LogP contribution in [0, 0.1) is 17.2 Å². The summed E-state index contributed by atoms with van der Waals surface area (Å²) in [5, 5.41) is 8.72. The van der Waals surface area contributed by atoms with E-state index in [-0.39, 0.29) is 18.4 Å². The van der Waals surface area contributed by atoms with Crippen LogP contribution in [0.4, 0.5) is 8.78 Å². The van der Waals surface area contributed by atoms with Crippen LogP contribution in [0.2, 0.25) is 0 Å². The highest BCUT2D eigenvalue weighted by Crippen LogP contribution is 2.38. The third-order valence-corrected chi connectivity index (χ3v) is 4.95. The molecule has 1 aliphatic rings. The van der Waals surface area contributed by atoms with E-state index in [1.54, 1.807) is 19.1 Å². The fourth-order valence-electron chi connectivity index (χ4n) is 3.46. The molecule has 6 heteroatoms. The lowest BCUT2D eigenvalue weighted by molar-refractivity contribution is -0.111. The number of methoxy groups -OCH3 is 2. The topological polar surface area (TPSA) is 45.5 Å². The van der Waals surface area contributed by atoms with Crippen molar-refractivity contribution >= 4 is 0 Å². The van der Waals surface area contributed by atoms with Crippen molar-refractivity contribution in [2.75, 3.05) is 33.9 Å². The van der Waals surface area contributed by atoms with Crippen molar-refractivity contribution in [2.24, 2.45) is 5.92 Å². The Hall–Kier alpha value is -1.87. The first-order chi connectivity index (χ1) is 11.7. The fourth-order valence-corrected chi connectivity index (χ4v) is 3.46. The number of ether oxygens (including phenoxy) is 2. The third kappa shape index (κ3) is 4.40. The van der Waals surface area contributed by atoms with Gasteiger partial charge in [0.1, 0.15) is 0 Å². The molecule has 1 aromatic rings. The Balaban J connectivity index is 2.13. The van der Waals surface area contributed by atoms with Gasteiger partial charge in [-0.15, -0.1) is 0 Å². The highest BCUT2D eigenvalue weighted by Gasteiger charge is 2.45. The molecule has 4 nitrogen and oxygen atoms in total. The van der Waals surface area contributed by atoms with Crippen molar-refractivity contribution in [1.29, 1.82) is 5.26 Å². The number of nitrogens with zero attached hydrogens (tertiary/aromatic N) is 2. The van der Waals surface area contributed by atoms with E-state index in [1.807, 2.05) is 38.1 Å². The van der Waals surface area contributed by atoms with Gasteiger partial charge in [0.15, 0.2) is 11.5 Å². The van der Waals surface area contributed by atoms with Crippen LogP contribution in [0.25, 0.3) is 0 Å². The molecule has 1 saturated heterocycles.